The Kier molecular flexibility index (Phi) is 6.71. The largest absolute Gasteiger partial charge is 0.272 e. The van der Waals surface area contributed by atoms with E-state index in [9.17, 15) is 4.79 Å². The van der Waals surface area contributed by atoms with E-state index < -0.39 is 0 Å². The van der Waals surface area contributed by atoms with E-state index in [4.69, 9.17) is 11.6 Å². The summed E-state index contributed by atoms with van der Waals surface area (Å²) in [5.74, 6) is 0.558. The third kappa shape index (κ3) is 5.36. The first-order valence-corrected chi connectivity index (χ1v) is 10.7. The third-order valence-corrected chi connectivity index (χ3v) is 5.35. The summed E-state index contributed by atoms with van der Waals surface area (Å²) < 4.78 is 1.91. The number of benzene rings is 2. The molecule has 0 aliphatic heterocycles. The van der Waals surface area contributed by atoms with Crippen LogP contribution in [0.3, 0.4) is 0 Å². The van der Waals surface area contributed by atoms with Gasteiger partial charge in [-0.25, -0.2) is 5.43 Å². The van der Waals surface area contributed by atoms with Gasteiger partial charge in [0.1, 0.15) is 0 Å². The topological polar surface area (TPSA) is 85.1 Å². The smallest absolute Gasteiger partial charge is 0.250 e. The molecule has 2 aromatic heterocycles. The highest BCUT2D eigenvalue weighted by atomic mass is 35.5. The summed E-state index contributed by atoms with van der Waals surface area (Å²) in [4.78, 5) is 16.2. The van der Waals surface area contributed by atoms with E-state index in [0.717, 1.165) is 16.8 Å². The van der Waals surface area contributed by atoms with E-state index in [1.54, 1.807) is 36.8 Å². The van der Waals surface area contributed by atoms with Crippen LogP contribution in [-0.2, 0) is 4.79 Å². The van der Waals surface area contributed by atoms with E-state index in [-0.39, 0.29) is 11.7 Å². The molecule has 2 heterocycles. The minimum absolute atomic E-state index is 0.130. The summed E-state index contributed by atoms with van der Waals surface area (Å²) in [5, 5.41) is 13.9. The van der Waals surface area contributed by atoms with Crippen molar-refractivity contribution in [2.24, 2.45) is 5.10 Å². The van der Waals surface area contributed by atoms with Crippen LogP contribution in [0.4, 0.5) is 0 Å². The Morgan fingerprint density at radius 2 is 1.87 bits per heavy atom. The van der Waals surface area contributed by atoms with Gasteiger partial charge >= 0.3 is 0 Å². The zero-order chi connectivity index (χ0) is 21.5. The average Bonchev–Trinajstić information content (AvgIpc) is 3.23. The fourth-order valence-corrected chi connectivity index (χ4v) is 3.62. The Morgan fingerprint density at radius 3 is 2.61 bits per heavy atom. The molecule has 4 aromatic rings. The summed E-state index contributed by atoms with van der Waals surface area (Å²) in [6, 6.07) is 20.8. The maximum atomic E-state index is 12.2. The lowest BCUT2D eigenvalue weighted by atomic mass is 10.2. The SMILES string of the molecule is O=C(CSc1nnc(-c2ccccc2)n1-c1ccc(Cl)cc1)NN=Cc1cccnc1. The molecule has 0 saturated heterocycles. The lowest BCUT2D eigenvalue weighted by Crippen LogP contribution is -2.20. The number of hydrogen-bond donors (Lipinski definition) is 1. The molecular formula is C22H17ClN6OS. The van der Waals surface area contributed by atoms with Gasteiger partial charge in [0, 0.05) is 34.2 Å². The van der Waals surface area contributed by atoms with Gasteiger partial charge in [-0.1, -0.05) is 59.8 Å². The van der Waals surface area contributed by atoms with E-state index in [1.165, 1.54) is 11.8 Å². The zero-order valence-corrected chi connectivity index (χ0v) is 17.8. The number of amides is 1. The molecule has 0 aliphatic carbocycles. The zero-order valence-electron chi connectivity index (χ0n) is 16.2. The quantitative estimate of drug-likeness (QED) is 0.260. The highest BCUT2D eigenvalue weighted by Crippen LogP contribution is 2.28. The predicted octanol–water partition coefficient (Wildman–Crippen LogP) is 4.23. The van der Waals surface area contributed by atoms with Crippen molar-refractivity contribution in [3.63, 3.8) is 0 Å². The molecular weight excluding hydrogens is 432 g/mol. The van der Waals surface area contributed by atoms with Crippen LogP contribution in [0, 0.1) is 0 Å². The highest BCUT2D eigenvalue weighted by Gasteiger charge is 2.17. The number of aromatic nitrogens is 4. The van der Waals surface area contributed by atoms with Crippen LogP contribution in [0.1, 0.15) is 5.56 Å². The standard InChI is InChI=1S/C22H17ClN6OS/c23-18-8-10-19(11-9-18)29-21(17-6-2-1-3-7-17)27-28-22(29)31-15-20(30)26-25-14-16-5-4-12-24-13-16/h1-14H,15H2,(H,26,30). The molecule has 0 radical (unpaired) electrons. The van der Waals surface area contributed by atoms with Gasteiger partial charge in [-0.3, -0.25) is 14.3 Å². The normalized spacial score (nSPS) is 11.0. The number of rotatable bonds is 7. The summed E-state index contributed by atoms with van der Waals surface area (Å²) in [6.07, 6.45) is 4.87. The molecule has 31 heavy (non-hydrogen) atoms. The van der Waals surface area contributed by atoms with E-state index in [0.29, 0.717) is 16.0 Å². The van der Waals surface area contributed by atoms with Gasteiger partial charge in [-0.15, -0.1) is 10.2 Å². The molecule has 0 saturated carbocycles. The van der Waals surface area contributed by atoms with Gasteiger partial charge in [0.25, 0.3) is 5.91 Å². The second-order valence-corrected chi connectivity index (χ2v) is 7.73. The number of nitrogens with zero attached hydrogens (tertiary/aromatic N) is 5. The molecule has 0 bridgehead atoms. The van der Waals surface area contributed by atoms with Gasteiger partial charge in [0.05, 0.1) is 12.0 Å². The average molecular weight is 449 g/mol. The molecule has 1 amide bonds. The van der Waals surface area contributed by atoms with Crippen molar-refractivity contribution in [3.05, 3.63) is 89.7 Å². The number of carbonyl (C=O) groups excluding carboxylic acids is 1. The van der Waals surface area contributed by atoms with Crippen LogP contribution in [0.2, 0.25) is 5.02 Å². The molecule has 2 aromatic carbocycles. The Labute approximate surface area is 188 Å². The van der Waals surface area contributed by atoms with Crippen LogP contribution in [0.25, 0.3) is 17.1 Å². The van der Waals surface area contributed by atoms with E-state index in [2.05, 4.69) is 25.7 Å². The van der Waals surface area contributed by atoms with Crippen molar-refractivity contribution in [1.29, 1.82) is 0 Å². The van der Waals surface area contributed by atoms with Crippen molar-refractivity contribution in [1.82, 2.24) is 25.2 Å². The Morgan fingerprint density at radius 1 is 1.06 bits per heavy atom. The molecule has 0 spiro atoms. The maximum Gasteiger partial charge on any atom is 0.250 e. The Hall–Kier alpha value is -3.49. The number of nitrogens with one attached hydrogen (secondary N) is 1. The van der Waals surface area contributed by atoms with Gasteiger partial charge in [0.2, 0.25) is 0 Å². The Bertz CT molecular complexity index is 1180. The first kappa shape index (κ1) is 20.8. The highest BCUT2D eigenvalue weighted by molar-refractivity contribution is 7.99. The predicted molar refractivity (Wildman–Crippen MR) is 123 cm³/mol. The minimum Gasteiger partial charge on any atom is -0.272 e. The maximum absolute atomic E-state index is 12.2. The number of pyridine rings is 1. The number of thioether (sulfide) groups is 1. The number of hydrogen-bond acceptors (Lipinski definition) is 6. The molecule has 9 heteroatoms. The fraction of sp³-hybridized carbons (Fsp3) is 0.0455. The summed E-state index contributed by atoms with van der Waals surface area (Å²) in [5.41, 5.74) is 5.08. The van der Waals surface area contributed by atoms with Crippen molar-refractivity contribution in [2.75, 3.05) is 5.75 Å². The van der Waals surface area contributed by atoms with Crippen LogP contribution in [-0.4, -0.2) is 37.6 Å². The summed E-state index contributed by atoms with van der Waals surface area (Å²) in [6.45, 7) is 0. The molecule has 4 rings (SSSR count). The van der Waals surface area contributed by atoms with Gasteiger partial charge in [0.15, 0.2) is 11.0 Å². The van der Waals surface area contributed by atoms with Crippen molar-refractivity contribution < 1.29 is 4.79 Å². The van der Waals surface area contributed by atoms with Crippen molar-refractivity contribution in [2.45, 2.75) is 5.16 Å². The molecule has 0 aliphatic rings. The summed E-state index contributed by atoms with van der Waals surface area (Å²) in [7, 11) is 0. The van der Waals surface area contributed by atoms with Gasteiger partial charge in [-0.05, 0) is 30.3 Å². The molecule has 154 valence electrons. The van der Waals surface area contributed by atoms with Crippen LogP contribution in [0.5, 0.6) is 0 Å². The van der Waals surface area contributed by atoms with Crippen LogP contribution in [0.15, 0.2) is 89.4 Å². The van der Waals surface area contributed by atoms with Gasteiger partial charge in [-0.2, -0.15) is 5.10 Å². The molecule has 1 N–H and O–H groups in total. The molecule has 0 atom stereocenters. The molecule has 0 unspecified atom stereocenters. The lowest BCUT2D eigenvalue weighted by Gasteiger charge is -2.10. The van der Waals surface area contributed by atoms with Gasteiger partial charge < -0.3 is 0 Å². The molecule has 0 fully saturated rings. The summed E-state index contributed by atoms with van der Waals surface area (Å²) >= 11 is 7.32. The minimum atomic E-state index is -0.253. The number of carbonyl (C=O) groups is 1. The van der Waals surface area contributed by atoms with Crippen molar-refractivity contribution >= 4 is 35.5 Å². The third-order valence-electron chi connectivity index (χ3n) is 4.17. The van der Waals surface area contributed by atoms with E-state index >= 15 is 0 Å². The molecule has 7 nitrogen and oxygen atoms in total. The fourth-order valence-electron chi connectivity index (χ4n) is 2.75. The van der Waals surface area contributed by atoms with Crippen molar-refractivity contribution in [3.8, 4) is 17.1 Å². The second-order valence-electron chi connectivity index (χ2n) is 6.35. The van der Waals surface area contributed by atoms with Crippen LogP contribution < -0.4 is 5.43 Å². The lowest BCUT2D eigenvalue weighted by molar-refractivity contribution is -0.118. The van der Waals surface area contributed by atoms with E-state index in [1.807, 2.05) is 53.1 Å². The first-order chi connectivity index (χ1) is 15.2. The number of halogens is 1. The van der Waals surface area contributed by atoms with Crippen LogP contribution >= 0.6 is 23.4 Å². The number of hydrazone groups is 1. The monoisotopic (exact) mass is 448 g/mol. The Balaban J connectivity index is 1.51. The second kappa shape index (κ2) is 10.0. The first-order valence-electron chi connectivity index (χ1n) is 9.32.